The Balaban J connectivity index is 1.80. The third-order valence-electron chi connectivity index (χ3n) is 4.17. The predicted octanol–water partition coefficient (Wildman–Crippen LogP) is 3.11. The van der Waals surface area contributed by atoms with Gasteiger partial charge in [-0.3, -0.25) is 9.59 Å². The highest BCUT2D eigenvalue weighted by Gasteiger charge is 2.08. The van der Waals surface area contributed by atoms with Gasteiger partial charge < -0.3 is 15.3 Å². The Morgan fingerprint density at radius 3 is 2.36 bits per heavy atom. The van der Waals surface area contributed by atoms with E-state index in [1.165, 1.54) is 6.21 Å². The van der Waals surface area contributed by atoms with Gasteiger partial charge in [0.1, 0.15) is 5.75 Å². The van der Waals surface area contributed by atoms with Crippen molar-refractivity contribution >= 4 is 29.4 Å². The summed E-state index contributed by atoms with van der Waals surface area (Å²) in [6.45, 7) is 5.78. The summed E-state index contributed by atoms with van der Waals surface area (Å²) >= 11 is 0. The number of phenols is 1. The van der Waals surface area contributed by atoms with Crippen LogP contribution in [0.2, 0.25) is 0 Å². The van der Waals surface area contributed by atoms with Crippen molar-refractivity contribution in [2.24, 2.45) is 5.10 Å². The number of hydrogen-bond donors (Lipinski definition) is 3. The standard InChI is InChI=1S/C21H26N4O3/c1-3-25(4-2)18-11-10-16(19(26)14-18)15-22-24-21(28)13-12-20(27)23-17-8-6-5-7-9-17/h5-11,14-15,26H,3-4,12-13H2,1-2H3,(H,23,27)(H,24,28)/b22-15+. The number of anilines is 2. The highest BCUT2D eigenvalue weighted by molar-refractivity contribution is 5.93. The largest absolute Gasteiger partial charge is 0.507 e. The fourth-order valence-electron chi connectivity index (χ4n) is 2.63. The summed E-state index contributed by atoms with van der Waals surface area (Å²) in [6.07, 6.45) is 1.45. The summed E-state index contributed by atoms with van der Waals surface area (Å²) in [4.78, 5) is 25.8. The molecule has 0 aromatic heterocycles. The van der Waals surface area contributed by atoms with Crippen LogP contribution in [0.3, 0.4) is 0 Å². The molecule has 28 heavy (non-hydrogen) atoms. The van der Waals surface area contributed by atoms with Crippen molar-refractivity contribution in [2.45, 2.75) is 26.7 Å². The van der Waals surface area contributed by atoms with Gasteiger partial charge in [-0.2, -0.15) is 5.10 Å². The summed E-state index contributed by atoms with van der Waals surface area (Å²) in [5, 5.41) is 16.7. The van der Waals surface area contributed by atoms with Crippen molar-refractivity contribution in [3.8, 4) is 5.75 Å². The lowest BCUT2D eigenvalue weighted by molar-refractivity contribution is -0.124. The Bertz CT molecular complexity index is 818. The number of carbonyl (C=O) groups excluding carboxylic acids is 2. The molecule has 0 aliphatic carbocycles. The van der Waals surface area contributed by atoms with Crippen molar-refractivity contribution in [3.63, 3.8) is 0 Å². The molecule has 7 nitrogen and oxygen atoms in total. The molecule has 2 amide bonds. The van der Waals surface area contributed by atoms with Crippen LogP contribution in [0, 0.1) is 0 Å². The molecule has 0 aliphatic heterocycles. The minimum Gasteiger partial charge on any atom is -0.507 e. The van der Waals surface area contributed by atoms with Gasteiger partial charge in [0.15, 0.2) is 0 Å². The smallest absolute Gasteiger partial charge is 0.240 e. The summed E-state index contributed by atoms with van der Waals surface area (Å²) in [5.41, 5.74) is 4.48. The Kier molecular flexibility index (Phi) is 8.02. The second kappa shape index (κ2) is 10.7. The zero-order valence-electron chi connectivity index (χ0n) is 16.2. The maximum Gasteiger partial charge on any atom is 0.240 e. The number of carbonyl (C=O) groups is 2. The molecule has 0 aliphatic rings. The van der Waals surface area contributed by atoms with E-state index in [1.54, 1.807) is 24.3 Å². The number of rotatable bonds is 9. The van der Waals surface area contributed by atoms with Crippen LogP contribution in [0.15, 0.2) is 53.6 Å². The number of aromatic hydroxyl groups is 1. The van der Waals surface area contributed by atoms with Gasteiger partial charge in [-0.05, 0) is 38.1 Å². The first-order chi connectivity index (χ1) is 13.5. The number of benzene rings is 2. The fraction of sp³-hybridized carbons (Fsp3) is 0.286. The Morgan fingerprint density at radius 2 is 1.71 bits per heavy atom. The van der Waals surface area contributed by atoms with Crippen molar-refractivity contribution in [3.05, 3.63) is 54.1 Å². The summed E-state index contributed by atoms with van der Waals surface area (Å²) in [7, 11) is 0. The molecule has 3 N–H and O–H groups in total. The van der Waals surface area contributed by atoms with Gasteiger partial charge in [0.25, 0.3) is 0 Å². The molecule has 2 aromatic rings. The number of para-hydroxylation sites is 1. The number of nitrogens with one attached hydrogen (secondary N) is 2. The summed E-state index contributed by atoms with van der Waals surface area (Å²) in [5.74, 6) is -0.529. The van der Waals surface area contributed by atoms with Crippen LogP contribution in [0.5, 0.6) is 5.75 Å². The van der Waals surface area contributed by atoms with Crippen LogP contribution >= 0.6 is 0 Å². The van der Waals surface area contributed by atoms with Gasteiger partial charge in [0, 0.05) is 48.9 Å². The fourth-order valence-corrected chi connectivity index (χ4v) is 2.63. The number of hydrogen-bond acceptors (Lipinski definition) is 5. The lowest BCUT2D eigenvalue weighted by Gasteiger charge is -2.21. The maximum absolute atomic E-state index is 11.8. The SMILES string of the molecule is CCN(CC)c1ccc(/C=N/NC(=O)CCC(=O)Nc2ccccc2)c(O)c1. The van der Waals surface area contributed by atoms with Crippen LogP contribution in [-0.4, -0.2) is 36.2 Å². The van der Waals surface area contributed by atoms with Crippen LogP contribution in [0.4, 0.5) is 11.4 Å². The first kappa shape index (κ1) is 21.0. The number of amides is 2. The van der Waals surface area contributed by atoms with Crippen LogP contribution in [0.1, 0.15) is 32.3 Å². The van der Waals surface area contributed by atoms with E-state index in [-0.39, 0.29) is 30.4 Å². The summed E-state index contributed by atoms with van der Waals surface area (Å²) in [6, 6.07) is 14.4. The van der Waals surface area contributed by atoms with Gasteiger partial charge in [0.05, 0.1) is 6.21 Å². The Hall–Kier alpha value is -3.35. The van der Waals surface area contributed by atoms with E-state index >= 15 is 0 Å². The minimum absolute atomic E-state index is 0.0168. The van der Waals surface area contributed by atoms with Crippen molar-refractivity contribution in [1.82, 2.24) is 5.43 Å². The molecule has 0 saturated heterocycles. The van der Waals surface area contributed by atoms with Crippen LogP contribution in [0.25, 0.3) is 0 Å². The molecule has 0 fully saturated rings. The molecule has 0 spiro atoms. The molecular formula is C21H26N4O3. The average Bonchev–Trinajstić information content (AvgIpc) is 2.70. The van der Waals surface area contributed by atoms with Gasteiger partial charge in [-0.15, -0.1) is 0 Å². The quantitative estimate of drug-likeness (QED) is 0.459. The molecule has 2 rings (SSSR count). The lowest BCUT2D eigenvalue weighted by Crippen LogP contribution is -2.21. The van der Waals surface area contributed by atoms with E-state index in [2.05, 4.69) is 20.7 Å². The molecule has 0 bridgehead atoms. The van der Waals surface area contributed by atoms with E-state index in [9.17, 15) is 14.7 Å². The highest BCUT2D eigenvalue weighted by atomic mass is 16.3. The number of hydrazone groups is 1. The van der Waals surface area contributed by atoms with Crippen molar-refractivity contribution < 1.29 is 14.7 Å². The van der Waals surface area contributed by atoms with Gasteiger partial charge in [-0.1, -0.05) is 18.2 Å². The third kappa shape index (κ3) is 6.42. The number of phenolic OH excluding ortho intramolecular Hbond substituents is 1. The van der Waals surface area contributed by atoms with E-state index < -0.39 is 0 Å². The molecular weight excluding hydrogens is 356 g/mol. The normalized spacial score (nSPS) is 10.6. The zero-order chi connectivity index (χ0) is 20.4. The lowest BCUT2D eigenvalue weighted by atomic mass is 10.2. The molecule has 148 valence electrons. The average molecular weight is 382 g/mol. The third-order valence-corrected chi connectivity index (χ3v) is 4.17. The first-order valence-electron chi connectivity index (χ1n) is 9.28. The molecule has 0 radical (unpaired) electrons. The minimum atomic E-state index is -0.376. The maximum atomic E-state index is 11.8. The topological polar surface area (TPSA) is 94.0 Å². The van der Waals surface area contributed by atoms with E-state index in [4.69, 9.17) is 0 Å². The predicted molar refractivity (Wildman–Crippen MR) is 112 cm³/mol. The van der Waals surface area contributed by atoms with Crippen molar-refractivity contribution in [2.75, 3.05) is 23.3 Å². The monoisotopic (exact) mass is 382 g/mol. The van der Waals surface area contributed by atoms with Gasteiger partial charge >= 0.3 is 0 Å². The second-order valence-electron chi connectivity index (χ2n) is 6.12. The highest BCUT2D eigenvalue weighted by Crippen LogP contribution is 2.23. The Labute approximate surface area is 165 Å². The molecule has 0 atom stereocenters. The first-order valence-corrected chi connectivity index (χ1v) is 9.28. The summed E-state index contributed by atoms with van der Waals surface area (Å²) < 4.78 is 0. The van der Waals surface area contributed by atoms with Gasteiger partial charge in [-0.25, -0.2) is 5.43 Å². The molecule has 0 saturated carbocycles. The van der Waals surface area contributed by atoms with Crippen LogP contribution < -0.4 is 15.6 Å². The van der Waals surface area contributed by atoms with Crippen molar-refractivity contribution in [1.29, 1.82) is 0 Å². The Morgan fingerprint density at radius 1 is 1.04 bits per heavy atom. The number of nitrogens with zero attached hydrogens (tertiary/aromatic N) is 2. The zero-order valence-corrected chi connectivity index (χ0v) is 16.2. The van der Waals surface area contributed by atoms with Crippen LogP contribution in [-0.2, 0) is 9.59 Å². The van der Waals surface area contributed by atoms with E-state index in [0.717, 1.165) is 18.8 Å². The molecule has 2 aromatic carbocycles. The molecule has 0 unspecified atom stereocenters. The van der Waals surface area contributed by atoms with Gasteiger partial charge in [0.2, 0.25) is 11.8 Å². The van der Waals surface area contributed by atoms with E-state index in [0.29, 0.717) is 11.3 Å². The second-order valence-corrected chi connectivity index (χ2v) is 6.12. The molecule has 7 heteroatoms. The van der Waals surface area contributed by atoms with E-state index in [1.807, 2.05) is 38.1 Å². The molecule has 0 heterocycles.